The molecule has 1 saturated carbocycles. The number of hydrogen-bond donors (Lipinski definition) is 2. The van der Waals surface area contributed by atoms with Crippen LogP contribution < -0.4 is 15.5 Å². The molecule has 2 N–H and O–H groups in total. The number of hydrogen-bond acceptors (Lipinski definition) is 3. The zero-order valence-electron chi connectivity index (χ0n) is 17.0. The molecule has 1 heterocycles. The Morgan fingerprint density at radius 3 is 2.62 bits per heavy atom. The van der Waals surface area contributed by atoms with Crippen LogP contribution in [0.25, 0.3) is 0 Å². The molecular weight excluding hydrogens is 384 g/mol. The molecule has 0 aromatic heterocycles. The predicted molar refractivity (Wildman–Crippen MR) is 120 cm³/mol. The summed E-state index contributed by atoms with van der Waals surface area (Å²) in [5.41, 5.74) is 4.03. The number of anilines is 1. The number of nitrogens with zero attached hydrogens (tertiary/aromatic N) is 2. The first-order valence-corrected chi connectivity index (χ1v) is 10.7. The minimum atomic E-state index is 0.175. The quantitative estimate of drug-likeness (QED) is 0.562. The molecule has 0 bridgehead atoms. The van der Waals surface area contributed by atoms with Crippen molar-refractivity contribution in [1.29, 1.82) is 0 Å². The molecule has 0 unspecified atom stereocenters. The summed E-state index contributed by atoms with van der Waals surface area (Å²) in [4.78, 5) is 6.82. The number of guanidine groups is 1. The fourth-order valence-corrected chi connectivity index (χ4v) is 4.15. The molecule has 5 nitrogen and oxygen atoms in total. The monoisotopic (exact) mass is 412 g/mol. The van der Waals surface area contributed by atoms with Crippen LogP contribution in [-0.2, 0) is 16.7 Å². The highest BCUT2D eigenvalue weighted by molar-refractivity contribution is 6.30. The first-order valence-electron chi connectivity index (χ1n) is 10.3. The van der Waals surface area contributed by atoms with Gasteiger partial charge in [-0.1, -0.05) is 41.9 Å². The van der Waals surface area contributed by atoms with Crippen molar-refractivity contribution in [3.05, 3.63) is 64.7 Å². The zero-order chi connectivity index (χ0) is 20.1. The summed E-state index contributed by atoms with van der Waals surface area (Å²) in [5, 5.41) is 7.81. The predicted octanol–water partition coefficient (Wildman–Crippen LogP) is 3.57. The molecular formula is C23H29ClN4O. The van der Waals surface area contributed by atoms with Crippen molar-refractivity contribution in [1.82, 2.24) is 10.6 Å². The van der Waals surface area contributed by atoms with Gasteiger partial charge in [0.2, 0.25) is 0 Å². The van der Waals surface area contributed by atoms with Crippen LogP contribution in [0.1, 0.15) is 24.0 Å². The Bertz CT molecular complexity index is 859. The van der Waals surface area contributed by atoms with Gasteiger partial charge in [-0.2, -0.15) is 0 Å². The molecule has 2 aliphatic rings. The lowest BCUT2D eigenvalue weighted by Gasteiger charge is -2.30. The van der Waals surface area contributed by atoms with Gasteiger partial charge in [-0.3, -0.25) is 4.99 Å². The van der Waals surface area contributed by atoms with E-state index in [0.29, 0.717) is 0 Å². The van der Waals surface area contributed by atoms with Crippen molar-refractivity contribution < 1.29 is 4.74 Å². The molecule has 0 atom stereocenters. The Morgan fingerprint density at radius 1 is 1.10 bits per heavy atom. The second kappa shape index (κ2) is 9.06. The topological polar surface area (TPSA) is 48.9 Å². The van der Waals surface area contributed by atoms with Gasteiger partial charge in [0.25, 0.3) is 0 Å². The largest absolute Gasteiger partial charge is 0.378 e. The number of nitrogens with one attached hydrogen (secondary N) is 2. The van der Waals surface area contributed by atoms with Crippen LogP contribution in [-0.4, -0.2) is 45.9 Å². The lowest BCUT2D eigenvalue weighted by Crippen LogP contribution is -2.41. The SMILES string of the molecule is CN=C(NCc1ccccc1N1CCOCC1)NCC1(c2cccc(Cl)c2)CC1. The average molecular weight is 413 g/mol. The number of ether oxygens (including phenoxy) is 1. The molecule has 2 fully saturated rings. The summed E-state index contributed by atoms with van der Waals surface area (Å²) in [7, 11) is 1.82. The van der Waals surface area contributed by atoms with Crippen LogP contribution in [0.4, 0.5) is 5.69 Å². The van der Waals surface area contributed by atoms with Crippen LogP contribution in [0, 0.1) is 0 Å². The molecule has 29 heavy (non-hydrogen) atoms. The number of halogens is 1. The lowest BCUT2D eigenvalue weighted by atomic mass is 9.96. The molecule has 0 radical (unpaired) electrons. The Kier molecular flexibility index (Phi) is 6.26. The van der Waals surface area contributed by atoms with Gasteiger partial charge in [0, 0.05) is 49.4 Å². The third-order valence-electron chi connectivity index (χ3n) is 5.90. The van der Waals surface area contributed by atoms with Crippen molar-refractivity contribution in [3.8, 4) is 0 Å². The average Bonchev–Trinajstić information content (AvgIpc) is 3.56. The van der Waals surface area contributed by atoms with E-state index < -0.39 is 0 Å². The molecule has 0 amide bonds. The zero-order valence-corrected chi connectivity index (χ0v) is 17.7. The highest BCUT2D eigenvalue weighted by atomic mass is 35.5. The molecule has 1 saturated heterocycles. The summed E-state index contributed by atoms with van der Waals surface area (Å²) in [6.07, 6.45) is 2.36. The van der Waals surface area contributed by atoms with E-state index in [-0.39, 0.29) is 5.41 Å². The summed E-state index contributed by atoms with van der Waals surface area (Å²) >= 11 is 6.20. The van der Waals surface area contributed by atoms with Crippen LogP contribution in [0.15, 0.2) is 53.5 Å². The normalized spacial score (nSPS) is 18.4. The molecule has 2 aromatic rings. The molecule has 1 aliphatic carbocycles. The highest BCUT2D eigenvalue weighted by Crippen LogP contribution is 2.48. The molecule has 2 aromatic carbocycles. The number of aliphatic imine (C=N–C) groups is 1. The third-order valence-corrected chi connectivity index (χ3v) is 6.13. The summed E-state index contributed by atoms with van der Waals surface area (Å²) < 4.78 is 5.50. The van der Waals surface area contributed by atoms with Crippen LogP contribution in [0.5, 0.6) is 0 Å². The number of para-hydroxylation sites is 1. The Balaban J connectivity index is 1.36. The van der Waals surface area contributed by atoms with E-state index >= 15 is 0 Å². The van der Waals surface area contributed by atoms with E-state index in [1.54, 1.807) is 0 Å². The van der Waals surface area contributed by atoms with Crippen molar-refractivity contribution in [3.63, 3.8) is 0 Å². The first-order chi connectivity index (χ1) is 14.2. The standard InChI is InChI=1S/C23H29ClN4O/c1-25-22(27-17-23(9-10-23)19-6-4-7-20(24)15-19)26-16-18-5-2-3-8-21(18)28-11-13-29-14-12-28/h2-8,15H,9-14,16-17H2,1H3,(H2,25,26,27). The molecule has 4 rings (SSSR count). The van der Waals surface area contributed by atoms with Gasteiger partial charge in [0.1, 0.15) is 0 Å². The third kappa shape index (κ3) is 4.85. The van der Waals surface area contributed by atoms with E-state index in [1.807, 2.05) is 19.2 Å². The van der Waals surface area contributed by atoms with Gasteiger partial charge in [-0.05, 0) is 42.2 Å². The maximum absolute atomic E-state index is 6.20. The van der Waals surface area contributed by atoms with Crippen LogP contribution in [0.2, 0.25) is 5.02 Å². The van der Waals surface area contributed by atoms with Crippen molar-refractivity contribution >= 4 is 23.2 Å². The fraction of sp³-hybridized carbons (Fsp3) is 0.435. The minimum Gasteiger partial charge on any atom is -0.378 e. The van der Waals surface area contributed by atoms with E-state index in [4.69, 9.17) is 16.3 Å². The number of benzene rings is 2. The van der Waals surface area contributed by atoms with E-state index in [1.165, 1.54) is 29.7 Å². The second-order valence-corrected chi connectivity index (χ2v) is 8.23. The summed E-state index contributed by atoms with van der Waals surface area (Å²) in [6, 6.07) is 16.8. The van der Waals surface area contributed by atoms with Gasteiger partial charge in [0.05, 0.1) is 13.2 Å². The molecule has 6 heteroatoms. The number of morpholine rings is 1. The van der Waals surface area contributed by atoms with Gasteiger partial charge < -0.3 is 20.3 Å². The molecule has 154 valence electrons. The number of rotatable bonds is 6. The molecule has 0 spiro atoms. The first kappa shape index (κ1) is 20.0. The van der Waals surface area contributed by atoms with E-state index in [9.17, 15) is 0 Å². The minimum absolute atomic E-state index is 0.175. The maximum Gasteiger partial charge on any atom is 0.191 e. The fourth-order valence-electron chi connectivity index (χ4n) is 3.96. The van der Waals surface area contributed by atoms with Crippen molar-refractivity contribution in [2.24, 2.45) is 4.99 Å². The van der Waals surface area contributed by atoms with Crippen LogP contribution >= 0.6 is 11.6 Å². The van der Waals surface area contributed by atoms with E-state index in [0.717, 1.165) is 50.4 Å². The maximum atomic E-state index is 6.20. The van der Waals surface area contributed by atoms with Crippen molar-refractivity contribution in [2.75, 3.05) is 44.8 Å². The van der Waals surface area contributed by atoms with Gasteiger partial charge >= 0.3 is 0 Å². The van der Waals surface area contributed by atoms with Gasteiger partial charge in [-0.25, -0.2) is 0 Å². The van der Waals surface area contributed by atoms with Crippen LogP contribution in [0.3, 0.4) is 0 Å². The van der Waals surface area contributed by atoms with Gasteiger partial charge in [0.15, 0.2) is 5.96 Å². The summed E-state index contributed by atoms with van der Waals surface area (Å²) in [6.45, 7) is 5.04. The highest BCUT2D eigenvalue weighted by Gasteiger charge is 2.44. The second-order valence-electron chi connectivity index (χ2n) is 7.80. The van der Waals surface area contributed by atoms with Crippen molar-refractivity contribution in [2.45, 2.75) is 24.8 Å². The lowest BCUT2D eigenvalue weighted by molar-refractivity contribution is 0.122. The Hall–Kier alpha value is -2.24. The Morgan fingerprint density at radius 2 is 1.90 bits per heavy atom. The summed E-state index contributed by atoms with van der Waals surface area (Å²) in [5.74, 6) is 0.829. The van der Waals surface area contributed by atoms with Gasteiger partial charge in [-0.15, -0.1) is 0 Å². The van der Waals surface area contributed by atoms with E-state index in [2.05, 4.69) is 56.9 Å². The Labute approximate surface area is 178 Å². The smallest absolute Gasteiger partial charge is 0.191 e. The molecule has 1 aliphatic heterocycles.